The highest BCUT2D eigenvalue weighted by molar-refractivity contribution is 6.03. The quantitative estimate of drug-likeness (QED) is 0.663. The maximum atomic E-state index is 12.9. The maximum Gasteiger partial charge on any atom is 0.328 e. The molecule has 0 bridgehead atoms. The first kappa shape index (κ1) is 18.4. The highest BCUT2D eigenvalue weighted by Crippen LogP contribution is 2.34. The van der Waals surface area contributed by atoms with Gasteiger partial charge < -0.3 is 14.8 Å². The molecule has 1 aliphatic carbocycles. The number of allylic oxidation sites excluding steroid dienone is 1. The Morgan fingerprint density at radius 1 is 1.03 bits per heavy atom. The summed E-state index contributed by atoms with van der Waals surface area (Å²) >= 11 is 0. The Kier molecular flexibility index (Phi) is 4.83. The van der Waals surface area contributed by atoms with Gasteiger partial charge in [0.2, 0.25) is 5.91 Å². The van der Waals surface area contributed by atoms with Gasteiger partial charge in [-0.1, -0.05) is 30.3 Å². The van der Waals surface area contributed by atoms with E-state index in [4.69, 9.17) is 9.52 Å². The van der Waals surface area contributed by atoms with Gasteiger partial charge in [0.15, 0.2) is 5.43 Å². The smallest absolute Gasteiger partial charge is 0.328 e. The van der Waals surface area contributed by atoms with Crippen LogP contribution < -0.4 is 10.7 Å². The lowest BCUT2D eigenvalue weighted by molar-refractivity contribution is -0.131. The summed E-state index contributed by atoms with van der Waals surface area (Å²) < 4.78 is 6.06. The summed E-state index contributed by atoms with van der Waals surface area (Å²) in [5, 5.41) is 11.6. The monoisotopic (exact) mass is 387 g/mol. The van der Waals surface area contributed by atoms with Crippen molar-refractivity contribution in [3.05, 3.63) is 87.8 Å². The van der Waals surface area contributed by atoms with Crippen LogP contribution in [0.4, 0.5) is 5.69 Å². The van der Waals surface area contributed by atoms with Crippen molar-refractivity contribution in [1.29, 1.82) is 0 Å². The first-order chi connectivity index (χ1) is 14.0. The fourth-order valence-electron chi connectivity index (χ4n) is 3.39. The van der Waals surface area contributed by atoms with Crippen LogP contribution in [0.2, 0.25) is 0 Å². The van der Waals surface area contributed by atoms with E-state index in [0.717, 1.165) is 29.7 Å². The van der Waals surface area contributed by atoms with Crippen LogP contribution in [-0.2, 0) is 16.0 Å². The van der Waals surface area contributed by atoms with Crippen LogP contribution in [-0.4, -0.2) is 17.0 Å². The molecule has 29 heavy (non-hydrogen) atoms. The zero-order valence-corrected chi connectivity index (χ0v) is 15.3. The summed E-state index contributed by atoms with van der Waals surface area (Å²) in [5.74, 6) is -1.21. The second-order valence-electron chi connectivity index (χ2n) is 6.69. The highest BCUT2D eigenvalue weighted by atomic mass is 16.4. The minimum absolute atomic E-state index is 0.0682. The number of carbonyl (C=O) groups excluding carboxylic acids is 1. The third kappa shape index (κ3) is 3.87. The van der Waals surface area contributed by atoms with Gasteiger partial charge >= 0.3 is 5.97 Å². The molecule has 1 aromatic heterocycles. The molecule has 6 nitrogen and oxygen atoms in total. The molecule has 2 N–H and O–H groups in total. The number of carboxylic acids is 1. The second-order valence-corrected chi connectivity index (χ2v) is 6.69. The van der Waals surface area contributed by atoms with E-state index in [1.807, 2.05) is 36.4 Å². The molecule has 0 fully saturated rings. The molecule has 0 spiro atoms. The predicted octanol–water partition coefficient (Wildman–Crippen LogP) is 3.86. The zero-order chi connectivity index (χ0) is 20.4. The average molecular weight is 387 g/mol. The van der Waals surface area contributed by atoms with Gasteiger partial charge in [0.25, 0.3) is 0 Å². The summed E-state index contributed by atoms with van der Waals surface area (Å²) in [6, 6.07) is 14.6. The first-order valence-electron chi connectivity index (χ1n) is 9.09. The van der Waals surface area contributed by atoms with Crippen LogP contribution in [0.3, 0.4) is 0 Å². The van der Waals surface area contributed by atoms with Gasteiger partial charge in [-0.2, -0.15) is 0 Å². The number of amides is 1. The summed E-state index contributed by atoms with van der Waals surface area (Å²) in [7, 11) is 0. The predicted molar refractivity (Wildman–Crippen MR) is 111 cm³/mol. The number of carbonyl (C=O) groups is 2. The minimum atomic E-state index is -1.21. The van der Waals surface area contributed by atoms with Gasteiger partial charge in [0, 0.05) is 29.5 Å². The Labute approximate surface area is 165 Å². The third-order valence-electron chi connectivity index (χ3n) is 4.71. The molecule has 1 heterocycles. The average Bonchev–Trinajstić information content (AvgIpc) is 3.10. The molecule has 1 aliphatic rings. The Balaban J connectivity index is 1.72. The molecule has 6 heteroatoms. The number of anilines is 1. The van der Waals surface area contributed by atoms with Crippen LogP contribution in [0.15, 0.2) is 69.9 Å². The third-order valence-corrected chi connectivity index (χ3v) is 4.71. The number of aliphatic carboxylic acids is 1. The van der Waals surface area contributed by atoms with Crippen molar-refractivity contribution >= 4 is 40.2 Å². The highest BCUT2D eigenvalue weighted by Gasteiger charge is 2.24. The van der Waals surface area contributed by atoms with Crippen LogP contribution in [0.5, 0.6) is 0 Å². The molecule has 144 valence electrons. The van der Waals surface area contributed by atoms with Crippen LogP contribution in [0, 0.1) is 0 Å². The molecule has 1 amide bonds. The van der Waals surface area contributed by atoms with Crippen LogP contribution in [0.1, 0.15) is 23.3 Å². The van der Waals surface area contributed by atoms with Gasteiger partial charge in [0.1, 0.15) is 11.3 Å². The summed E-state index contributed by atoms with van der Waals surface area (Å²) in [6.45, 7) is 0. The fraction of sp³-hybridized carbons (Fsp3) is 0.0870. The maximum absolute atomic E-state index is 12.9. The SMILES string of the molecule is O=C(O)C=CC(=O)Nc1ccc2c(=O)c3c(oc2c1)C(=Cc1ccccc1)CC3. The topological polar surface area (TPSA) is 96.6 Å². The molecule has 0 atom stereocenters. The number of hydrogen-bond donors (Lipinski definition) is 2. The zero-order valence-electron chi connectivity index (χ0n) is 15.3. The van der Waals surface area contributed by atoms with Gasteiger partial charge in [-0.15, -0.1) is 0 Å². The van der Waals surface area contributed by atoms with E-state index in [2.05, 4.69) is 5.32 Å². The van der Waals surface area contributed by atoms with E-state index < -0.39 is 11.9 Å². The molecule has 2 aromatic carbocycles. The molecule has 0 radical (unpaired) electrons. The van der Waals surface area contributed by atoms with Gasteiger partial charge in [0.05, 0.1) is 5.39 Å². The number of fused-ring (bicyclic) bond motifs is 2. The van der Waals surface area contributed by atoms with E-state index in [0.29, 0.717) is 34.4 Å². The number of hydrogen-bond acceptors (Lipinski definition) is 4. The van der Waals surface area contributed by atoms with Gasteiger partial charge in [-0.25, -0.2) is 4.79 Å². The second kappa shape index (κ2) is 7.59. The van der Waals surface area contributed by atoms with Crippen LogP contribution in [0.25, 0.3) is 22.6 Å². The molecule has 4 rings (SSSR count). The van der Waals surface area contributed by atoms with Crippen molar-refractivity contribution in [1.82, 2.24) is 0 Å². The Morgan fingerprint density at radius 2 is 1.83 bits per heavy atom. The molecule has 0 aliphatic heterocycles. The summed E-state index contributed by atoms with van der Waals surface area (Å²) in [4.78, 5) is 35.2. The molecule has 0 saturated heterocycles. The Hall–Kier alpha value is -3.93. The first-order valence-corrected chi connectivity index (χ1v) is 9.09. The molecule has 0 unspecified atom stereocenters. The lowest BCUT2D eigenvalue weighted by Gasteiger charge is -2.07. The van der Waals surface area contributed by atoms with Gasteiger partial charge in [-0.3, -0.25) is 9.59 Å². The Bertz CT molecular complexity index is 1240. The van der Waals surface area contributed by atoms with Gasteiger partial charge in [-0.05, 0) is 42.2 Å². The number of rotatable bonds is 4. The summed E-state index contributed by atoms with van der Waals surface area (Å²) in [5.41, 5.74) is 3.37. The largest absolute Gasteiger partial charge is 0.478 e. The van der Waals surface area contributed by atoms with Crippen molar-refractivity contribution < 1.29 is 19.1 Å². The minimum Gasteiger partial charge on any atom is -0.478 e. The molecule has 3 aromatic rings. The number of nitrogens with one attached hydrogen (secondary N) is 1. The molecule has 0 saturated carbocycles. The molecular weight excluding hydrogens is 370 g/mol. The number of benzene rings is 2. The van der Waals surface area contributed by atoms with Crippen molar-refractivity contribution in [2.24, 2.45) is 0 Å². The van der Waals surface area contributed by atoms with E-state index in [-0.39, 0.29) is 5.43 Å². The fourth-order valence-corrected chi connectivity index (χ4v) is 3.39. The van der Waals surface area contributed by atoms with Crippen molar-refractivity contribution in [2.45, 2.75) is 12.8 Å². The van der Waals surface area contributed by atoms with Crippen molar-refractivity contribution in [3.63, 3.8) is 0 Å². The van der Waals surface area contributed by atoms with Crippen molar-refractivity contribution in [3.8, 4) is 0 Å². The normalized spacial score (nSPS) is 14.4. The Morgan fingerprint density at radius 3 is 2.59 bits per heavy atom. The van der Waals surface area contributed by atoms with E-state index in [9.17, 15) is 14.4 Å². The lowest BCUT2D eigenvalue weighted by atomic mass is 10.1. The summed E-state index contributed by atoms with van der Waals surface area (Å²) in [6.07, 6.45) is 5.05. The molecular formula is C23H17NO5. The lowest BCUT2D eigenvalue weighted by Crippen LogP contribution is -2.11. The standard InChI is InChI=1S/C23H17NO5/c25-20(10-11-21(26)27)24-16-7-9-17-19(13-16)29-23-15(6-8-18(23)22(17)28)12-14-4-2-1-3-5-14/h1-5,7,9-13H,6,8H2,(H,24,25)(H,26,27). The van der Waals surface area contributed by atoms with Crippen molar-refractivity contribution in [2.75, 3.05) is 5.32 Å². The van der Waals surface area contributed by atoms with E-state index >= 15 is 0 Å². The van der Waals surface area contributed by atoms with Crippen LogP contribution >= 0.6 is 0 Å². The van der Waals surface area contributed by atoms with E-state index in [1.165, 1.54) is 0 Å². The van der Waals surface area contributed by atoms with E-state index in [1.54, 1.807) is 18.2 Å². The number of carboxylic acid groups (broad SMARTS) is 1.